The summed E-state index contributed by atoms with van der Waals surface area (Å²) in [4.78, 5) is 14.2. The number of para-hydroxylation sites is 1. The normalized spacial score (nSPS) is 13.8. The third-order valence-electron chi connectivity index (χ3n) is 3.03. The summed E-state index contributed by atoms with van der Waals surface area (Å²) in [5, 5.41) is 8.65. The number of rotatable bonds is 5. The van der Waals surface area contributed by atoms with Crippen LogP contribution in [0.1, 0.15) is 29.6 Å². The Bertz CT molecular complexity index is 476. The van der Waals surface area contributed by atoms with Crippen molar-refractivity contribution in [2.45, 2.75) is 25.3 Å². The number of hydrogen-bond acceptors (Lipinski definition) is 4. The molecule has 1 aliphatic rings. The van der Waals surface area contributed by atoms with Crippen LogP contribution in [0.3, 0.4) is 0 Å². The quantitative estimate of drug-likeness (QED) is 0.607. The average molecular weight is 244 g/mol. The van der Waals surface area contributed by atoms with E-state index in [1.165, 1.54) is 0 Å². The number of nitrogens with zero attached hydrogens (tertiary/aromatic N) is 2. The van der Waals surface area contributed by atoms with Crippen LogP contribution >= 0.6 is 0 Å². The van der Waals surface area contributed by atoms with Crippen LogP contribution in [0.5, 0.6) is 0 Å². The van der Waals surface area contributed by atoms with Crippen molar-refractivity contribution >= 4 is 11.6 Å². The lowest BCUT2D eigenvalue weighted by Gasteiger charge is -2.22. The average Bonchev–Trinajstić information content (AvgIpc) is 3.23. The summed E-state index contributed by atoms with van der Waals surface area (Å²) in [6, 6.07) is 9.52. The molecule has 2 rings (SSSR count). The third-order valence-corrected chi connectivity index (χ3v) is 3.03. The van der Waals surface area contributed by atoms with Crippen LogP contribution in [0.4, 0.5) is 5.69 Å². The fourth-order valence-electron chi connectivity index (χ4n) is 1.96. The summed E-state index contributed by atoms with van der Waals surface area (Å²) in [7, 11) is 0. The van der Waals surface area contributed by atoms with E-state index < -0.39 is 0 Å². The highest BCUT2D eigenvalue weighted by Crippen LogP contribution is 2.29. The first-order valence-corrected chi connectivity index (χ1v) is 6.01. The predicted molar refractivity (Wildman–Crippen MR) is 68.5 cm³/mol. The Balaban J connectivity index is 2.19. The molecular formula is C13H16N4O. The Morgan fingerprint density at radius 1 is 1.50 bits per heavy atom. The third kappa shape index (κ3) is 2.60. The zero-order valence-electron chi connectivity index (χ0n) is 10.1. The topological polar surface area (TPSA) is 82.2 Å². The van der Waals surface area contributed by atoms with Crippen LogP contribution in [0.2, 0.25) is 0 Å². The summed E-state index contributed by atoms with van der Waals surface area (Å²) < 4.78 is 0. The lowest BCUT2D eigenvalue weighted by atomic mass is 10.1. The van der Waals surface area contributed by atoms with Crippen molar-refractivity contribution in [1.82, 2.24) is 4.90 Å². The number of carbonyl (C=O) groups is 1. The fraction of sp³-hybridized carbons (Fsp3) is 0.385. The van der Waals surface area contributed by atoms with E-state index in [0.29, 0.717) is 24.2 Å². The summed E-state index contributed by atoms with van der Waals surface area (Å²) in [5.74, 6) is 5.35. The number of benzene rings is 1. The Hall–Kier alpha value is -2.06. The molecule has 0 saturated heterocycles. The van der Waals surface area contributed by atoms with E-state index in [2.05, 4.69) is 11.5 Å². The zero-order chi connectivity index (χ0) is 13.0. The number of hydrogen-bond donors (Lipinski definition) is 2. The second-order valence-corrected chi connectivity index (χ2v) is 4.33. The molecule has 0 unspecified atom stereocenters. The molecule has 1 saturated carbocycles. The SMILES string of the molecule is N#CCCN(C(=O)c1ccccc1NN)C1CC1. The van der Waals surface area contributed by atoms with Gasteiger partial charge in [0, 0.05) is 12.6 Å². The van der Waals surface area contributed by atoms with Gasteiger partial charge in [-0.15, -0.1) is 0 Å². The number of nitrogens with two attached hydrogens (primary N) is 1. The highest BCUT2D eigenvalue weighted by atomic mass is 16.2. The van der Waals surface area contributed by atoms with Crippen molar-refractivity contribution < 1.29 is 4.79 Å². The molecule has 1 amide bonds. The van der Waals surface area contributed by atoms with Crippen LogP contribution in [0, 0.1) is 11.3 Å². The summed E-state index contributed by atoms with van der Waals surface area (Å²) in [6.07, 6.45) is 2.41. The molecule has 1 fully saturated rings. The van der Waals surface area contributed by atoms with E-state index in [0.717, 1.165) is 12.8 Å². The zero-order valence-corrected chi connectivity index (χ0v) is 10.1. The standard InChI is InChI=1S/C13H16N4O/c14-8-3-9-17(10-6-7-10)13(18)11-4-1-2-5-12(11)16-15/h1-2,4-5,10,16H,3,6-7,9,15H2. The molecule has 1 aromatic carbocycles. The van der Waals surface area contributed by atoms with Gasteiger partial charge < -0.3 is 10.3 Å². The maximum atomic E-state index is 12.4. The molecule has 3 N–H and O–H groups in total. The number of hydrazine groups is 1. The van der Waals surface area contributed by atoms with Gasteiger partial charge in [-0.3, -0.25) is 10.6 Å². The maximum absolute atomic E-state index is 12.4. The van der Waals surface area contributed by atoms with Gasteiger partial charge in [-0.2, -0.15) is 5.26 Å². The molecule has 0 radical (unpaired) electrons. The van der Waals surface area contributed by atoms with E-state index in [9.17, 15) is 4.79 Å². The van der Waals surface area contributed by atoms with Gasteiger partial charge >= 0.3 is 0 Å². The number of nitriles is 1. The largest absolute Gasteiger partial charge is 0.335 e. The first-order chi connectivity index (χ1) is 8.77. The molecule has 0 atom stereocenters. The molecular weight excluding hydrogens is 228 g/mol. The maximum Gasteiger partial charge on any atom is 0.256 e. The minimum Gasteiger partial charge on any atom is -0.335 e. The minimum atomic E-state index is -0.0544. The molecule has 0 aromatic heterocycles. The summed E-state index contributed by atoms with van der Waals surface area (Å²) in [5.41, 5.74) is 3.71. The van der Waals surface area contributed by atoms with Gasteiger partial charge in [0.15, 0.2) is 0 Å². The second-order valence-electron chi connectivity index (χ2n) is 4.33. The lowest BCUT2D eigenvalue weighted by molar-refractivity contribution is 0.0748. The fourth-order valence-corrected chi connectivity index (χ4v) is 1.96. The highest BCUT2D eigenvalue weighted by Gasteiger charge is 2.33. The van der Waals surface area contributed by atoms with Gasteiger partial charge in [0.2, 0.25) is 0 Å². The van der Waals surface area contributed by atoms with Crippen LogP contribution in [0.15, 0.2) is 24.3 Å². The van der Waals surface area contributed by atoms with Crippen molar-refractivity contribution in [1.29, 1.82) is 5.26 Å². The van der Waals surface area contributed by atoms with E-state index in [4.69, 9.17) is 11.1 Å². The summed E-state index contributed by atoms with van der Waals surface area (Å²) in [6.45, 7) is 0.485. The van der Waals surface area contributed by atoms with Gasteiger partial charge in [-0.1, -0.05) is 12.1 Å². The van der Waals surface area contributed by atoms with Gasteiger partial charge in [0.1, 0.15) is 0 Å². The van der Waals surface area contributed by atoms with Crippen molar-refractivity contribution in [3.05, 3.63) is 29.8 Å². The molecule has 1 aliphatic carbocycles. The van der Waals surface area contributed by atoms with Crippen LogP contribution in [-0.4, -0.2) is 23.4 Å². The second kappa shape index (κ2) is 5.52. The highest BCUT2D eigenvalue weighted by molar-refractivity contribution is 5.99. The van der Waals surface area contributed by atoms with Crippen molar-refractivity contribution in [2.75, 3.05) is 12.0 Å². The van der Waals surface area contributed by atoms with Crippen molar-refractivity contribution in [2.24, 2.45) is 5.84 Å². The molecule has 5 nitrogen and oxygen atoms in total. The Kier molecular flexibility index (Phi) is 3.80. The Morgan fingerprint density at radius 3 is 2.83 bits per heavy atom. The molecule has 0 heterocycles. The Morgan fingerprint density at radius 2 is 2.22 bits per heavy atom. The first-order valence-electron chi connectivity index (χ1n) is 6.01. The number of nitrogens with one attached hydrogen (secondary N) is 1. The molecule has 1 aromatic rings. The van der Waals surface area contributed by atoms with E-state index in [-0.39, 0.29) is 11.9 Å². The first kappa shape index (κ1) is 12.4. The van der Waals surface area contributed by atoms with Crippen molar-refractivity contribution in [3.63, 3.8) is 0 Å². The van der Waals surface area contributed by atoms with Gasteiger partial charge in [0.05, 0.1) is 23.7 Å². The van der Waals surface area contributed by atoms with E-state index in [1.807, 2.05) is 12.1 Å². The monoisotopic (exact) mass is 244 g/mol. The number of anilines is 1. The van der Waals surface area contributed by atoms with Crippen LogP contribution in [0.25, 0.3) is 0 Å². The summed E-state index contributed by atoms with van der Waals surface area (Å²) >= 11 is 0. The van der Waals surface area contributed by atoms with E-state index >= 15 is 0 Å². The number of amides is 1. The van der Waals surface area contributed by atoms with Crippen LogP contribution in [-0.2, 0) is 0 Å². The molecule has 94 valence electrons. The van der Waals surface area contributed by atoms with Crippen LogP contribution < -0.4 is 11.3 Å². The van der Waals surface area contributed by atoms with Gasteiger partial charge in [-0.25, -0.2) is 0 Å². The lowest BCUT2D eigenvalue weighted by Crippen LogP contribution is -2.34. The Labute approximate surface area is 106 Å². The molecule has 0 bridgehead atoms. The minimum absolute atomic E-state index is 0.0544. The van der Waals surface area contributed by atoms with Gasteiger partial charge in [0.25, 0.3) is 5.91 Å². The smallest absolute Gasteiger partial charge is 0.256 e. The molecule has 18 heavy (non-hydrogen) atoms. The number of nitrogen functional groups attached to an aromatic ring is 1. The number of carbonyl (C=O) groups excluding carboxylic acids is 1. The predicted octanol–water partition coefficient (Wildman–Crippen LogP) is 1.49. The van der Waals surface area contributed by atoms with E-state index in [1.54, 1.807) is 17.0 Å². The van der Waals surface area contributed by atoms with Crippen molar-refractivity contribution in [3.8, 4) is 6.07 Å². The van der Waals surface area contributed by atoms with Gasteiger partial charge in [-0.05, 0) is 25.0 Å². The molecule has 0 aliphatic heterocycles. The molecule has 0 spiro atoms. The molecule has 5 heteroatoms.